The quantitative estimate of drug-likeness (QED) is 0.774. The predicted octanol–water partition coefficient (Wildman–Crippen LogP) is 2.25. The van der Waals surface area contributed by atoms with E-state index in [1.54, 1.807) is 11.3 Å². The van der Waals surface area contributed by atoms with Gasteiger partial charge in [-0.1, -0.05) is 6.92 Å². The average Bonchev–Trinajstić information content (AvgIpc) is 2.88. The number of thiophene rings is 1. The Balaban J connectivity index is 2.09. The molecular weight excluding hydrogens is 194 g/mol. The molecule has 2 nitrogen and oxygen atoms in total. The van der Waals surface area contributed by atoms with E-state index in [9.17, 15) is 4.79 Å². The van der Waals surface area contributed by atoms with E-state index in [0.717, 1.165) is 30.7 Å². The van der Waals surface area contributed by atoms with Crippen LogP contribution in [0, 0.1) is 0 Å². The van der Waals surface area contributed by atoms with Gasteiger partial charge in [0.25, 0.3) is 0 Å². The molecule has 1 aromatic heterocycles. The highest BCUT2D eigenvalue weighted by atomic mass is 32.1. The lowest BCUT2D eigenvalue weighted by molar-refractivity contribution is 0.0956. The maximum absolute atomic E-state index is 11.9. The summed E-state index contributed by atoms with van der Waals surface area (Å²) in [6, 6.07) is 4.11. The van der Waals surface area contributed by atoms with E-state index in [-0.39, 0.29) is 11.8 Å². The van der Waals surface area contributed by atoms with Gasteiger partial charge in [-0.3, -0.25) is 4.79 Å². The third kappa shape index (κ3) is 1.88. The summed E-state index contributed by atoms with van der Waals surface area (Å²) >= 11 is 1.64. The standard InChI is InChI=1S/C11H15NOS/c1-2-8-5-6-10(14-8)11(13)9-4-3-7-12-9/h5-6,9,12H,2-4,7H2,1H3. The molecule has 1 aromatic rings. The molecule has 1 atom stereocenters. The van der Waals surface area contributed by atoms with Crippen molar-refractivity contribution >= 4 is 17.1 Å². The smallest absolute Gasteiger partial charge is 0.189 e. The van der Waals surface area contributed by atoms with E-state index in [0.29, 0.717) is 0 Å². The Labute approximate surface area is 88.3 Å². The Hall–Kier alpha value is -0.670. The molecule has 2 heterocycles. The van der Waals surface area contributed by atoms with Crippen LogP contribution in [0.3, 0.4) is 0 Å². The molecule has 1 unspecified atom stereocenters. The third-order valence-corrected chi connectivity index (χ3v) is 3.87. The van der Waals surface area contributed by atoms with Crippen LogP contribution in [-0.2, 0) is 6.42 Å². The average molecular weight is 209 g/mol. The number of ketones is 1. The molecule has 2 rings (SSSR count). The van der Waals surface area contributed by atoms with Crippen molar-refractivity contribution in [2.75, 3.05) is 6.54 Å². The molecule has 1 aliphatic rings. The van der Waals surface area contributed by atoms with Gasteiger partial charge in [0.05, 0.1) is 10.9 Å². The first-order valence-electron chi connectivity index (χ1n) is 5.17. The number of rotatable bonds is 3. The largest absolute Gasteiger partial charge is 0.307 e. The summed E-state index contributed by atoms with van der Waals surface area (Å²) in [6.45, 7) is 3.11. The number of nitrogens with one attached hydrogen (secondary N) is 1. The molecule has 1 fully saturated rings. The van der Waals surface area contributed by atoms with Crippen molar-refractivity contribution in [1.29, 1.82) is 0 Å². The van der Waals surface area contributed by atoms with Gasteiger partial charge in [0.1, 0.15) is 0 Å². The van der Waals surface area contributed by atoms with Crippen LogP contribution in [0.5, 0.6) is 0 Å². The number of carbonyl (C=O) groups is 1. The normalized spacial score (nSPS) is 21.4. The van der Waals surface area contributed by atoms with Crippen molar-refractivity contribution in [3.63, 3.8) is 0 Å². The summed E-state index contributed by atoms with van der Waals surface area (Å²) in [4.78, 5) is 14.1. The highest BCUT2D eigenvalue weighted by Gasteiger charge is 2.23. The second kappa shape index (κ2) is 4.24. The molecule has 0 aliphatic carbocycles. The minimum Gasteiger partial charge on any atom is -0.307 e. The molecule has 1 aliphatic heterocycles. The Kier molecular flexibility index (Phi) is 2.99. The van der Waals surface area contributed by atoms with Gasteiger partial charge in [0.2, 0.25) is 0 Å². The van der Waals surface area contributed by atoms with Gasteiger partial charge in [0.15, 0.2) is 5.78 Å². The predicted molar refractivity (Wildman–Crippen MR) is 59.1 cm³/mol. The summed E-state index contributed by atoms with van der Waals surface area (Å²) < 4.78 is 0. The maximum atomic E-state index is 11.9. The van der Waals surface area contributed by atoms with Crippen LogP contribution in [0.25, 0.3) is 0 Å². The lowest BCUT2D eigenvalue weighted by atomic mass is 10.1. The zero-order chi connectivity index (χ0) is 9.97. The summed E-state index contributed by atoms with van der Waals surface area (Å²) in [5, 5.41) is 3.24. The van der Waals surface area contributed by atoms with Crippen molar-refractivity contribution in [1.82, 2.24) is 5.32 Å². The van der Waals surface area contributed by atoms with E-state index in [1.165, 1.54) is 4.88 Å². The van der Waals surface area contributed by atoms with Gasteiger partial charge in [-0.25, -0.2) is 0 Å². The topological polar surface area (TPSA) is 29.1 Å². The van der Waals surface area contributed by atoms with Gasteiger partial charge >= 0.3 is 0 Å². The number of hydrogen-bond donors (Lipinski definition) is 1. The van der Waals surface area contributed by atoms with Crippen LogP contribution in [0.2, 0.25) is 0 Å². The molecule has 3 heteroatoms. The van der Waals surface area contributed by atoms with Gasteiger partial charge in [0, 0.05) is 4.88 Å². The molecule has 1 N–H and O–H groups in total. The van der Waals surface area contributed by atoms with Crippen molar-refractivity contribution in [2.24, 2.45) is 0 Å². The molecule has 0 spiro atoms. The van der Waals surface area contributed by atoms with Gasteiger partial charge in [-0.15, -0.1) is 11.3 Å². The highest BCUT2D eigenvalue weighted by molar-refractivity contribution is 7.14. The minimum absolute atomic E-state index is 0.0818. The summed E-state index contributed by atoms with van der Waals surface area (Å²) in [6.07, 6.45) is 3.15. The van der Waals surface area contributed by atoms with Crippen molar-refractivity contribution in [3.8, 4) is 0 Å². The molecular formula is C11H15NOS. The number of Topliss-reactive ketones (excluding diaryl/α,β-unsaturated/α-hetero) is 1. The van der Waals surface area contributed by atoms with E-state index in [4.69, 9.17) is 0 Å². The van der Waals surface area contributed by atoms with Crippen LogP contribution in [0.15, 0.2) is 12.1 Å². The summed E-state index contributed by atoms with van der Waals surface area (Å²) in [7, 11) is 0. The molecule has 0 bridgehead atoms. The zero-order valence-corrected chi connectivity index (χ0v) is 9.19. The van der Waals surface area contributed by atoms with Crippen molar-refractivity contribution in [3.05, 3.63) is 21.9 Å². The van der Waals surface area contributed by atoms with E-state index in [2.05, 4.69) is 18.3 Å². The lowest BCUT2D eigenvalue weighted by Crippen LogP contribution is -2.30. The van der Waals surface area contributed by atoms with E-state index >= 15 is 0 Å². The number of aryl methyl sites for hydroxylation is 1. The first-order chi connectivity index (χ1) is 6.81. The maximum Gasteiger partial charge on any atom is 0.189 e. The van der Waals surface area contributed by atoms with Crippen LogP contribution in [0.1, 0.15) is 34.3 Å². The highest BCUT2D eigenvalue weighted by Crippen LogP contribution is 2.20. The van der Waals surface area contributed by atoms with E-state index < -0.39 is 0 Å². The first kappa shape index (κ1) is 9.87. The molecule has 76 valence electrons. The minimum atomic E-state index is 0.0818. The monoisotopic (exact) mass is 209 g/mol. The van der Waals surface area contributed by atoms with Crippen LogP contribution >= 0.6 is 11.3 Å². The fourth-order valence-corrected chi connectivity index (χ4v) is 2.72. The van der Waals surface area contributed by atoms with Gasteiger partial charge in [-0.2, -0.15) is 0 Å². The second-order valence-electron chi connectivity index (χ2n) is 3.63. The van der Waals surface area contributed by atoms with Crippen molar-refractivity contribution < 1.29 is 4.79 Å². The van der Waals surface area contributed by atoms with Crippen LogP contribution in [0.4, 0.5) is 0 Å². The molecule has 0 saturated carbocycles. The Morgan fingerprint density at radius 2 is 2.50 bits per heavy atom. The molecule has 0 radical (unpaired) electrons. The second-order valence-corrected chi connectivity index (χ2v) is 4.80. The number of hydrogen-bond acceptors (Lipinski definition) is 3. The Morgan fingerprint density at radius 3 is 3.07 bits per heavy atom. The van der Waals surface area contributed by atoms with Gasteiger partial charge < -0.3 is 5.32 Å². The molecule has 14 heavy (non-hydrogen) atoms. The van der Waals surface area contributed by atoms with Crippen LogP contribution < -0.4 is 5.32 Å². The zero-order valence-electron chi connectivity index (χ0n) is 8.38. The fourth-order valence-electron chi connectivity index (χ4n) is 1.78. The molecule has 0 amide bonds. The summed E-state index contributed by atoms with van der Waals surface area (Å²) in [5.74, 6) is 0.284. The molecule has 0 aromatic carbocycles. The number of carbonyl (C=O) groups excluding carboxylic acids is 1. The summed E-state index contributed by atoms with van der Waals surface area (Å²) in [5.41, 5.74) is 0. The fraction of sp³-hybridized carbons (Fsp3) is 0.545. The SMILES string of the molecule is CCc1ccc(C(=O)C2CCCN2)s1. The lowest BCUT2D eigenvalue weighted by Gasteiger charge is -2.05. The third-order valence-electron chi connectivity index (χ3n) is 2.63. The Bertz CT molecular complexity index is 326. The first-order valence-corrected chi connectivity index (χ1v) is 5.99. The molecule has 1 saturated heterocycles. The van der Waals surface area contributed by atoms with Crippen LogP contribution in [-0.4, -0.2) is 18.4 Å². The van der Waals surface area contributed by atoms with E-state index in [1.807, 2.05) is 6.07 Å². The Morgan fingerprint density at radius 1 is 1.64 bits per heavy atom. The van der Waals surface area contributed by atoms with Gasteiger partial charge in [-0.05, 0) is 37.9 Å². The van der Waals surface area contributed by atoms with Crippen molar-refractivity contribution in [2.45, 2.75) is 32.2 Å².